The Hall–Kier alpha value is -0.570. The molecule has 0 aromatic carbocycles. The summed E-state index contributed by atoms with van der Waals surface area (Å²) >= 11 is 0. The fraction of sp³-hybridized carbons (Fsp3) is 0.929. The molecular formula is C14H22N2O. The molecule has 94 valence electrons. The largest absolute Gasteiger partial charge is 0.354 e. The summed E-state index contributed by atoms with van der Waals surface area (Å²) < 4.78 is 0. The number of hydrogen-bond acceptors (Lipinski definition) is 2. The van der Waals surface area contributed by atoms with E-state index < -0.39 is 0 Å². The van der Waals surface area contributed by atoms with Gasteiger partial charge >= 0.3 is 0 Å². The number of carbonyl (C=O) groups excluding carboxylic acids is 1. The lowest BCUT2D eigenvalue weighted by molar-refractivity contribution is -0.119. The number of amides is 1. The summed E-state index contributed by atoms with van der Waals surface area (Å²) in [4.78, 5) is 11.2. The minimum Gasteiger partial charge on any atom is -0.354 e. The second kappa shape index (κ2) is 3.71. The fourth-order valence-corrected chi connectivity index (χ4v) is 5.29. The molecule has 3 nitrogen and oxygen atoms in total. The molecule has 1 aliphatic heterocycles. The van der Waals surface area contributed by atoms with Gasteiger partial charge in [0.1, 0.15) is 0 Å². The van der Waals surface area contributed by atoms with E-state index in [9.17, 15) is 4.79 Å². The molecule has 4 fully saturated rings. The molecule has 3 aliphatic carbocycles. The van der Waals surface area contributed by atoms with E-state index in [1.807, 2.05) is 0 Å². The second-order valence-electron chi connectivity index (χ2n) is 6.63. The van der Waals surface area contributed by atoms with E-state index in [4.69, 9.17) is 0 Å². The van der Waals surface area contributed by atoms with Crippen LogP contribution in [0.5, 0.6) is 0 Å². The molecule has 0 aromatic heterocycles. The zero-order chi connectivity index (χ0) is 11.4. The molecule has 1 heterocycles. The number of nitrogens with one attached hydrogen (secondary N) is 2. The molecule has 17 heavy (non-hydrogen) atoms. The highest BCUT2D eigenvalue weighted by molar-refractivity contribution is 5.78. The van der Waals surface area contributed by atoms with Crippen molar-refractivity contribution in [3.63, 3.8) is 0 Å². The summed E-state index contributed by atoms with van der Waals surface area (Å²) in [7, 11) is 0. The van der Waals surface area contributed by atoms with Gasteiger partial charge in [0.05, 0.1) is 0 Å². The molecule has 1 saturated heterocycles. The van der Waals surface area contributed by atoms with Crippen molar-refractivity contribution in [2.45, 2.75) is 50.6 Å². The maximum atomic E-state index is 11.2. The average Bonchev–Trinajstić information content (AvgIpc) is 2.99. The van der Waals surface area contributed by atoms with Gasteiger partial charge in [-0.05, 0) is 49.4 Å². The van der Waals surface area contributed by atoms with Crippen molar-refractivity contribution >= 4 is 5.91 Å². The van der Waals surface area contributed by atoms with E-state index >= 15 is 0 Å². The van der Waals surface area contributed by atoms with Crippen LogP contribution >= 0.6 is 0 Å². The monoisotopic (exact) mass is 234 g/mol. The number of fused-ring (bicyclic) bond motifs is 5. The summed E-state index contributed by atoms with van der Waals surface area (Å²) in [5, 5.41) is 6.70. The lowest BCUT2D eigenvalue weighted by atomic mass is 9.79. The van der Waals surface area contributed by atoms with Crippen LogP contribution in [0.15, 0.2) is 0 Å². The highest BCUT2D eigenvalue weighted by atomic mass is 16.1. The van der Waals surface area contributed by atoms with Gasteiger partial charge in [-0.25, -0.2) is 0 Å². The van der Waals surface area contributed by atoms with Crippen LogP contribution in [0.1, 0.15) is 38.5 Å². The molecule has 4 rings (SSSR count). The Morgan fingerprint density at radius 3 is 2.82 bits per heavy atom. The van der Waals surface area contributed by atoms with Crippen LogP contribution in [-0.2, 0) is 4.79 Å². The molecule has 4 aliphatic rings. The summed E-state index contributed by atoms with van der Waals surface area (Å²) in [6, 6.07) is 1.13. The fourth-order valence-electron chi connectivity index (χ4n) is 5.29. The number of rotatable bonds is 2. The van der Waals surface area contributed by atoms with E-state index in [2.05, 4.69) is 10.6 Å². The Balaban J connectivity index is 1.42. The van der Waals surface area contributed by atoms with Crippen LogP contribution in [0.2, 0.25) is 0 Å². The van der Waals surface area contributed by atoms with Gasteiger partial charge in [0.2, 0.25) is 5.91 Å². The van der Waals surface area contributed by atoms with Crippen LogP contribution in [0, 0.1) is 23.7 Å². The van der Waals surface area contributed by atoms with Crippen molar-refractivity contribution in [2.24, 2.45) is 23.7 Å². The molecule has 0 spiro atoms. The van der Waals surface area contributed by atoms with Crippen LogP contribution in [0.4, 0.5) is 0 Å². The highest BCUT2D eigenvalue weighted by Gasteiger charge is 2.53. The summed E-state index contributed by atoms with van der Waals surface area (Å²) in [5.74, 6) is 4.26. The Labute approximate surface area is 103 Å². The van der Waals surface area contributed by atoms with Crippen molar-refractivity contribution < 1.29 is 4.79 Å². The Kier molecular flexibility index (Phi) is 2.26. The van der Waals surface area contributed by atoms with Crippen LogP contribution in [0.25, 0.3) is 0 Å². The molecule has 6 unspecified atom stereocenters. The molecule has 2 N–H and O–H groups in total. The van der Waals surface area contributed by atoms with E-state index in [1.165, 1.54) is 32.1 Å². The van der Waals surface area contributed by atoms with Gasteiger partial charge < -0.3 is 10.6 Å². The van der Waals surface area contributed by atoms with E-state index in [-0.39, 0.29) is 5.91 Å². The van der Waals surface area contributed by atoms with E-state index in [0.717, 1.165) is 36.3 Å². The first-order valence-corrected chi connectivity index (χ1v) is 7.34. The average molecular weight is 234 g/mol. The van der Waals surface area contributed by atoms with Crippen LogP contribution in [-0.4, -0.2) is 24.5 Å². The van der Waals surface area contributed by atoms with Crippen LogP contribution < -0.4 is 10.6 Å². The molecule has 2 bridgehead atoms. The minimum absolute atomic E-state index is 0.226. The maximum absolute atomic E-state index is 11.2. The van der Waals surface area contributed by atoms with Gasteiger partial charge in [-0.2, -0.15) is 0 Å². The molecule has 3 heteroatoms. The van der Waals surface area contributed by atoms with Crippen molar-refractivity contribution in [1.29, 1.82) is 0 Å². The van der Waals surface area contributed by atoms with Gasteiger partial charge in [-0.3, -0.25) is 4.79 Å². The Morgan fingerprint density at radius 2 is 2.00 bits per heavy atom. The van der Waals surface area contributed by atoms with Gasteiger partial charge in [0.25, 0.3) is 0 Å². The SMILES string of the molecule is O=C1CC(NC2CC3CC2C2CCCC32)CN1. The highest BCUT2D eigenvalue weighted by Crippen LogP contribution is 2.58. The third-order valence-corrected chi connectivity index (χ3v) is 5.86. The molecule has 3 saturated carbocycles. The van der Waals surface area contributed by atoms with E-state index in [1.54, 1.807) is 0 Å². The third kappa shape index (κ3) is 1.55. The first kappa shape index (κ1) is 10.4. The van der Waals surface area contributed by atoms with Crippen molar-refractivity contribution in [1.82, 2.24) is 10.6 Å². The minimum atomic E-state index is 0.226. The predicted octanol–water partition coefficient (Wildman–Crippen LogP) is 1.29. The Bertz CT molecular complexity index is 343. The normalized spacial score (nSPS) is 51.9. The van der Waals surface area contributed by atoms with Crippen molar-refractivity contribution in [3.8, 4) is 0 Å². The summed E-state index contributed by atoms with van der Waals surface area (Å²) in [6.45, 7) is 0.848. The van der Waals surface area contributed by atoms with Gasteiger partial charge in [-0.1, -0.05) is 6.42 Å². The predicted molar refractivity (Wildman–Crippen MR) is 65.4 cm³/mol. The number of carbonyl (C=O) groups is 1. The zero-order valence-electron chi connectivity index (χ0n) is 10.3. The van der Waals surface area contributed by atoms with Crippen molar-refractivity contribution in [3.05, 3.63) is 0 Å². The molecule has 0 radical (unpaired) electrons. The van der Waals surface area contributed by atoms with E-state index in [0.29, 0.717) is 12.5 Å². The quantitative estimate of drug-likeness (QED) is 0.756. The lowest BCUT2D eigenvalue weighted by Gasteiger charge is -2.33. The van der Waals surface area contributed by atoms with Gasteiger partial charge in [-0.15, -0.1) is 0 Å². The maximum Gasteiger partial charge on any atom is 0.221 e. The zero-order valence-corrected chi connectivity index (χ0v) is 10.3. The van der Waals surface area contributed by atoms with Crippen LogP contribution in [0.3, 0.4) is 0 Å². The Morgan fingerprint density at radius 1 is 1.12 bits per heavy atom. The molecule has 6 atom stereocenters. The molecule has 0 aromatic rings. The number of hydrogen-bond donors (Lipinski definition) is 2. The molecular weight excluding hydrogens is 212 g/mol. The second-order valence-corrected chi connectivity index (χ2v) is 6.63. The lowest BCUT2D eigenvalue weighted by Crippen LogP contribution is -2.45. The van der Waals surface area contributed by atoms with Crippen molar-refractivity contribution in [2.75, 3.05) is 6.54 Å². The molecule has 1 amide bonds. The standard InChI is InChI=1S/C14H22N2O/c17-14-6-9(7-15-14)16-13-5-8-4-12(13)11-3-1-2-10(8)11/h8-13,16H,1-7H2,(H,15,17). The summed E-state index contributed by atoms with van der Waals surface area (Å²) in [6.07, 6.45) is 8.01. The topological polar surface area (TPSA) is 41.1 Å². The van der Waals surface area contributed by atoms with Gasteiger partial charge in [0, 0.05) is 25.0 Å². The summed E-state index contributed by atoms with van der Waals surface area (Å²) in [5.41, 5.74) is 0. The third-order valence-electron chi connectivity index (χ3n) is 5.86. The first-order valence-electron chi connectivity index (χ1n) is 7.34. The van der Waals surface area contributed by atoms with Gasteiger partial charge in [0.15, 0.2) is 0 Å². The first-order chi connectivity index (χ1) is 8.31. The smallest absolute Gasteiger partial charge is 0.221 e.